The van der Waals surface area contributed by atoms with Gasteiger partial charge in [0.05, 0.1) is 13.8 Å². The van der Waals surface area contributed by atoms with Gasteiger partial charge in [0.2, 0.25) is 0 Å². The van der Waals surface area contributed by atoms with E-state index < -0.39 is 10.2 Å². The van der Waals surface area contributed by atoms with E-state index >= 15 is 0 Å². The first-order valence-corrected chi connectivity index (χ1v) is 5.34. The van der Waals surface area contributed by atoms with Crippen molar-refractivity contribution in [3.63, 3.8) is 0 Å². The Morgan fingerprint density at radius 3 is 1.33 bits per heavy atom. The molecule has 0 spiro atoms. The van der Waals surface area contributed by atoms with Crippen LogP contribution in [-0.4, -0.2) is 0 Å². The molecule has 5 nitrogen and oxygen atoms in total. The zero-order chi connectivity index (χ0) is 12.2. The van der Waals surface area contributed by atoms with Crippen LogP contribution in [0.25, 0.3) is 0 Å². The second kappa shape index (κ2) is 5.39. The van der Waals surface area contributed by atoms with Gasteiger partial charge in [-0.2, -0.15) is 0 Å². The van der Waals surface area contributed by atoms with Crippen molar-refractivity contribution in [1.29, 1.82) is 0 Å². The van der Waals surface area contributed by atoms with Crippen LogP contribution in [0.5, 0.6) is 0 Å². The molecule has 0 aliphatic carbocycles. The van der Waals surface area contributed by atoms with Crippen LogP contribution in [0.4, 0.5) is 0 Å². The van der Waals surface area contributed by atoms with Gasteiger partial charge in [-0.15, -0.1) is 10.2 Å². The molecule has 0 bridgehead atoms. The van der Waals surface area contributed by atoms with Crippen LogP contribution in [0.15, 0.2) is 10.5 Å². The fourth-order valence-electron chi connectivity index (χ4n) is 0.919. The molecule has 6 heteroatoms. The van der Waals surface area contributed by atoms with E-state index in [9.17, 15) is 0 Å². The van der Waals surface area contributed by atoms with Crippen molar-refractivity contribution in [3.05, 3.63) is 28.7 Å². The highest BCUT2D eigenvalue weighted by Gasteiger charge is 2.10. The van der Waals surface area contributed by atoms with Gasteiger partial charge in [-0.05, 0) is 19.9 Å². The fraction of sp³-hybridized carbons (Fsp3) is 0.444. The van der Waals surface area contributed by atoms with Crippen molar-refractivity contribution in [3.8, 4) is 0 Å². The van der Waals surface area contributed by atoms with Crippen molar-refractivity contribution in [2.45, 2.75) is 27.7 Å². The molecule has 0 aliphatic heterocycles. The van der Waals surface area contributed by atoms with Gasteiger partial charge in [-0.25, -0.2) is 23.1 Å². The molecule has 0 aromatic carbocycles. The molecule has 0 aliphatic rings. The third-order valence-corrected chi connectivity index (χ3v) is 1.85. The number of hydrogen-bond acceptors (Lipinski definition) is 4. The zero-order valence-electron chi connectivity index (χ0n) is 9.00. The van der Waals surface area contributed by atoms with Crippen LogP contribution in [0, 0.1) is 37.9 Å². The topological polar surface area (TPSA) is 104 Å². The normalized spacial score (nSPS) is 10.7. The molecular formula is C9H13ClO5. The summed E-state index contributed by atoms with van der Waals surface area (Å²) < 4.78 is 39.4. The minimum absolute atomic E-state index is 1.02. The van der Waals surface area contributed by atoms with Crippen LogP contribution < -0.4 is 18.6 Å². The van der Waals surface area contributed by atoms with Crippen molar-refractivity contribution in [2.75, 3.05) is 0 Å². The third kappa shape index (κ3) is 7.24. The lowest BCUT2D eigenvalue weighted by Crippen LogP contribution is -2.68. The molecule has 0 amide bonds. The smallest absolute Gasteiger partial charge is 0.222 e. The molecule has 0 radical (unpaired) electrons. The molecule has 1 aromatic heterocycles. The molecule has 15 heavy (non-hydrogen) atoms. The van der Waals surface area contributed by atoms with Gasteiger partial charge in [0.1, 0.15) is 0 Å². The average Bonchev–Trinajstić information content (AvgIpc) is 1.98. The largest absolute Gasteiger partial charge is 0.329 e. The molecular weight excluding hydrogens is 224 g/mol. The Bertz CT molecular complexity index is 276. The third-order valence-electron chi connectivity index (χ3n) is 1.85. The van der Waals surface area contributed by atoms with Gasteiger partial charge in [0, 0.05) is 11.1 Å². The maximum Gasteiger partial charge on any atom is 0.329 e. The van der Waals surface area contributed by atoms with Gasteiger partial charge < -0.3 is 0 Å². The van der Waals surface area contributed by atoms with Gasteiger partial charge in [0.15, 0.2) is 0 Å². The summed E-state index contributed by atoms with van der Waals surface area (Å²) in [6, 6.07) is 2.15. The highest BCUT2D eigenvalue weighted by atomic mass is 35.7. The Balaban J connectivity index is 0.000000336. The highest BCUT2D eigenvalue weighted by molar-refractivity contribution is 5.23. The second-order valence-corrected chi connectivity index (χ2v) is 3.86. The van der Waals surface area contributed by atoms with E-state index in [-0.39, 0.29) is 0 Å². The van der Waals surface area contributed by atoms with E-state index in [0.717, 1.165) is 11.5 Å². The maximum absolute atomic E-state index is 8.49. The Hall–Kier alpha value is -0.720. The van der Waals surface area contributed by atoms with E-state index in [4.69, 9.17) is 23.1 Å². The van der Waals surface area contributed by atoms with E-state index in [0.29, 0.717) is 0 Å². The molecule has 0 atom stereocenters. The molecule has 0 N–H and O–H groups in total. The van der Waals surface area contributed by atoms with Gasteiger partial charge in [0.25, 0.3) is 0 Å². The van der Waals surface area contributed by atoms with Crippen LogP contribution in [-0.2, 0) is 0 Å². The standard InChI is InChI=1S/C9H13O.ClHO4/c1-6-5-7(2)9(4)10-8(6)3;2-1(3,4)5/h5H,1-4H3;(H,2,3,4,5)/q+1;/p-1. The van der Waals surface area contributed by atoms with Crippen LogP contribution in [0.2, 0.25) is 0 Å². The first-order chi connectivity index (χ1) is 6.61. The van der Waals surface area contributed by atoms with Gasteiger partial charge >= 0.3 is 11.5 Å². The van der Waals surface area contributed by atoms with Gasteiger partial charge in [-0.3, -0.25) is 0 Å². The SMILES string of the molecule is Cc1cc(C)c(C)[o+]c1C.[O-][Cl+3]([O-])([O-])[O-]. The number of halogens is 1. The predicted octanol–water partition coefficient (Wildman–Crippen LogP) is -1.96. The monoisotopic (exact) mass is 236 g/mol. The lowest BCUT2D eigenvalue weighted by molar-refractivity contribution is -2.00. The van der Waals surface area contributed by atoms with Crippen LogP contribution in [0.1, 0.15) is 22.6 Å². The summed E-state index contributed by atoms with van der Waals surface area (Å²) in [6.07, 6.45) is 0. The van der Waals surface area contributed by atoms with Crippen molar-refractivity contribution in [1.82, 2.24) is 0 Å². The quantitative estimate of drug-likeness (QED) is 0.487. The summed E-state index contributed by atoms with van der Waals surface area (Å²) >= 11 is 0. The molecule has 1 rings (SSSR count). The summed E-state index contributed by atoms with van der Waals surface area (Å²) in [6.45, 7) is 8.10. The Morgan fingerprint density at radius 1 is 0.867 bits per heavy atom. The number of rotatable bonds is 0. The van der Waals surface area contributed by atoms with E-state index in [1.807, 2.05) is 13.8 Å². The summed E-state index contributed by atoms with van der Waals surface area (Å²) in [5.41, 5.74) is 2.45. The average molecular weight is 237 g/mol. The highest BCUT2D eigenvalue weighted by Crippen LogP contribution is 2.13. The van der Waals surface area contributed by atoms with E-state index in [1.54, 1.807) is 0 Å². The predicted molar refractivity (Wildman–Crippen MR) is 42.1 cm³/mol. The molecule has 0 saturated carbocycles. The Labute approximate surface area is 90.3 Å². The Morgan fingerprint density at radius 2 is 1.13 bits per heavy atom. The summed E-state index contributed by atoms with van der Waals surface area (Å²) in [5, 5.41) is 0. The first-order valence-electron chi connectivity index (χ1n) is 4.10. The lowest BCUT2D eigenvalue weighted by Gasteiger charge is -2.17. The number of aryl methyl sites for hydroxylation is 4. The summed E-state index contributed by atoms with van der Waals surface area (Å²) in [5.74, 6) is 2.03. The van der Waals surface area contributed by atoms with Crippen molar-refractivity contribution >= 4 is 0 Å². The lowest BCUT2D eigenvalue weighted by atomic mass is 10.2. The molecule has 86 valence electrons. The maximum atomic E-state index is 8.49. The zero-order valence-corrected chi connectivity index (χ0v) is 9.75. The second-order valence-electron chi connectivity index (χ2n) is 3.10. The minimum Gasteiger partial charge on any atom is -0.222 e. The molecule has 1 heterocycles. The van der Waals surface area contributed by atoms with Crippen molar-refractivity contribution < 1.29 is 33.3 Å². The molecule has 0 unspecified atom stereocenters. The molecule has 1 aromatic rings. The van der Waals surface area contributed by atoms with Crippen LogP contribution in [0.3, 0.4) is 0 Å². The Kier molecular flexibility index (Phi) is 5.13. The van der Waals surface area contributed by atoms with E-state index in [2.05, 4.69) is 19.9 Å². The first kappa shape index (κ1) is 14.3. The molecule has 0 fully saturated rings. The fourth-order valence-corrected chi connectivity index (χ4v) is 0.919. The number of hydrogen-bond donors (Lipinski definition) is 0. The minimum atomic E-state index is -4.94. The summed E-state index contributed by atoms with van der Waals surface area (Å²) in [4.78, 5) is 0. The van der Waals surface area contributed by atoms with Crippen LogP contribution >= 0.6 is 0 Å². The van der Waals surface area contributed by atoms with Gasteiger partial charge in [-0.1, -0.05) is 0 Å². The van der Waals surface area contributed by atoms with Crippen molar-refractivity contribution in [2.24, 2.45) is 0 Å². The summed E-state index contributed by atoms with van der Waals surface area (Å²) in [7, 11) is -4.94. The van der Waals surface area contributed by atoms with E-state index in [1.165, 1.54) is 11.1 Å². The molecule has 0 saturated heterocycles.